The minimum atomic E-state index is 0.820. The maximum Gasteiger partial charge on any atom is 0.165 e. The third-order valence-electron chi connectivity index (χ3n) is 13.0. The molecule has 1 aliphatic rings. The number of nitrogens with zero attached hydrogens (tertiary/aromatic N) is 4. The molecule has 0 unspecified atom stereocenters. The Kier molecular flexibility index (Phi) is 6.26. The van der Waals surface area contributed by atoms with Gasteiger partial charge in [0.15, 0.2) is 5.82 Å². The van der Waals surface area contributed by atoms with Crippen LogP contribution in [0.15, 0.2) is 194 Å². The Balaban J connectivity index is 1.06. The van der Waals surface area contributed by atoms with Crippen LogP contribution in [0.2, 0.25) is 0 Å². The number of rotatable bonds is 3. The first-order chi connectivity index (χ1) is 29.8. The number of fused-ring (bicyclic) bond motifs is 13. The molecular weight excluding hydrogens is 729 g/mol. The van der Waals surface area contributed by atoms with Crippen LogP contribution in [0.5, 0.6) is 0 Å². The summed E-state index contributed by atoms with van der Waals surface area (Å²) in [6.07, 6.45) is 0. The average molecular weight is 761 g/mol. The second-order valence-electron chi connectivity index (χ2n) is 16.1. The Morgan fingerprint density at radius 3 is 1.77 bits per heavy atom. The lowest BCUT2D eigenvalue weighted by Crippen LogP contribution is -2.04. The van der Waals surface area contributed by atoms with Gasteiger partial charge in [-0.2, -0.15) is 0 Å². The molecule has 4 heteroatoms. The predicted molar refractivity (Wildman–Crippen MR) is 251 cm³/mol. The van der Waals surface area contributed by atoms with Crippen molar-refractivity contribution in [2.45, 2.75) is 0 Å². The summed E-state index contributed by atoms with van der Waals surface area (Å²) in [7, 11) is 0. The first-order valence-electron chi connectivity index (χ1n) is 20.6. The summed E-state index contributed by atoms with van der Waals surface area (Å²) in [6.45, 7) is 0. The van der Waals surface area contributed by atoms with Crippen molar-refractivity contribution in [2.24, 2.45) is 0 Å². The maximum atomic E-state index is 5.53. The molecule has 0 saturated heterocycles. The molecule has 14 rings (SSSR count). The summed E-state index contributed by atoms with van der Waals surface area (Å²) >= 11 is 0. The van der Waals surface area contributed by atoms with Gasteiger partial charge in [-0.1, -0.05) is 146 Å². The van der Waals surface area contributed by atoms with E-state index in [4.69, 9.17) is 9.97 Å². The SMILES string of the molecule is c1ccc2c(c1)-c1cccc3c(-c4nc5ccccc5nc4-n4c5ccccc5c5cc6ccc(-n7c8ccccc8c8ccc9ccccc9c87)cc6cc54)ccc-2c13. The Hall–Kier alpha value is -8.08. The number of hydrogen-bond acceptors (Lipinski definition) is 2. The Bertz CT molecular complexity index is 3990. The molecule has 1 aliphatic carbocycles. The Morgan fingerprint density at radius 2 is 0.933 bits per heavy atom. The van der Waals surface area contributed by atoms with Gasteiger partial charge in [-0.15, -0.1) is 0 Å². The standard InChI is InChI=1S/C56H32N4/c1-2-13-37-33(12-1)25-27-46-40-16-5-9-22-50(40)59(55(37)46)36-26-24-34-31-47-41-17-6-10-23-51(41)60(52(47)32-35(34)30-36)56-54(57-48-20-7-8-21-49(48)58-56)45-29-28-44-39-15-4-3-14-38(39)42-18-11-19-43(45)53(42)44/h1-32H. The molecular formula is C56H32N4. The Morgan fingerprint density at radius 1 is 0.317 bits per heavy atom. The van der Waals surface area contributed by atoms with Crippen LogP contribution in [0.4, 0.5) is 0 Å². The van der Waals surface area contributed by atoms with Gasteiger partial charge in [-0.25, -0.2) is 9.97 Å². The van der Waals surface area contributed by atoms with Gasteiger partial charge >= 0.3 is 0 Å². The fourth-order valence-corrected chi connectivity index (χ4v) is 10.4. The zero-order valence-corrected chi connectivity index (χ0v) is 32.3. The van der Waals surface area contributed by atoms with Crippen LogP contribution in [-0.2, 0) is 0 Å². The molecule has 3 aromatic heterocycles. The van der Waals surface area contributed by atoms with E-state index in [1.54, 1.807) is 0 Å². The van der Waals surface area contributed by atoms with Crippen LogP contribution < -0.4 is 0 Å². The van der Waals surface area contributed by atoms with Gasteiger partial charge in [0.2, 0.25) is 0 Å². The molecule has 0 N–H and O–H groups in total. The molecule has 60 heavy (non-hydrogen) atoms. The van der Waals surface area contributed by atoms with Crippen LogP contribution >= 0.6 is 0 Å². The van der Waals surface area contributed by atoms with Crippen molar-refractivity contribution >= 4 is 87.0 Å². The number of benzene rings is 10. The minimum absolute atomic E-state index is 0.820. The summed E-state index contributed by atoms with van der Waals surface area (Å²) < 4.78 is 4.81. The minimum Gasteiger partial charge on any atom is -0.309 e. The molecule has 0 saturated carbocycles. The van der Waals surface area contributed by atoms with Gasteiger partial charge in [0.1, 0.15) is 5.69 Å². The van der Waals surface area contributed by atoms with E-state index in [9.17, 15) is 0 Å². The van der Waals surface area contributed by atoms with E-state index in [1.807, 2.05) is 0 Å². The first kappa shape index (κ1) is 31.9. The summed E-state index contributed by atoms with van der Waals surface area (Å²) in [5.74, 6) is 0.820. The number of para-hydroxylation sites is 4. The molecule has 0 spiro atoms. The van der Waals surface area contributed by atoms with Crippen LogP contribution in [0.3, 0.4) is 0 Å². The first-order valence-corrected chi connectivity index (χ1v) is 20.6. The van der Waals surface area contributed by atoms with E-state index in [-0.39, 0.29) is 0 Å². The molecule has 0 radical (unpaired) electrons. The molecule has 4 nitrogen and oxygen atoms in total. The second kappa shape index (κ2) is 11.8. The van der Waals surface area contributed by atoms with Crippen molar-refractivity contribution in [1.29, 1.82) is 0 Å². The van der Waals surface area contributed by atoms with Crippen molar-refractivity contribution in [1.82, 2.24) is 19.1 Å². The molecule has 0 atom stereocenters. The van der Waals surface area contributed by atoms with E-state index >= 15 is 0 Å². The van der Waals surface area contributed by atoms with Gasteiger partial charge in [0.05, 0.1) is 33.1 Å². The lowest BCUT2D eigenvalue weighted by atomic mass is 9.96. The van der Waals surface area contributed by atoms with Crippen molar-refractivity contribution < 1.29 is 0 Å². The van der Waals surface area contributed by atoms with Crippen molar-refractivity contribution in [2.75, 3.05) is 0 Å². The third-order valence-corrected chi connectivity index (χ3v) is 13.0. The smallest absolute Gasteiger partial charge is 0.165 e. The van der Waals surface area contributed by atoms with Gasteiger partial charge in [0.25, 0.3) is 0 Å². The van der Waals surface area contributed by atoms with E-state index in [2.05, 4.69) is 203 Å². The molecule has 13 aromatic rings. The quantitative estimate of drug-likeness (QED) is 0.180. The summed E-state index contributed by atoms with van der Waals surface area (Å²) in [5.41, 5.74) is 14.5. The second-order valence-corrected chi connectivity index (χ2v) is 16.1. The Labute approximate surface area is 343 Å². The van der Waals surface area contributed by atoms with Gasteiger partial charge in [-0.05, 0) is 97.7 Å². The van der Waals surface area contributed by atoms with Crippen molar-refractivity contribution in [3.05, 3.63) is 194 Å². The lowest BCUT2D eigenvalue weighted by Gasteiger charge is -2.16. The zero-order valence-electron chi connectivity index (χ0n) is 32.3. The zero-order chi connectivity index (χ0) is 39.1. The normalized spacial score (nSPS) is 12.3. The fraction of sp³-hybridized carbons (Fsp3) is 0. The predicted octanol–water partition coefficient (Wildman–Crippen LogP) is 14.6. The highest BCUT2D eigenvalue weighted by Gasteiger charge is 2.26. The summed E-state index contributed by atoms with van der Waals surface area (Å²) in [6, 6.07) is 70.6. The molecule has 0 fully saturated rings. The van der Waals surface area contributed by atoms with E-state index in [1.165, 1.54) is 81.8 Å². The summed E-state index contributed by atoms with van der Waals surface area (Å²) in [4.78, 5) is 11.0. The van der Waals surface area contributed by atoms with Crippen LogP contribution in [0.25, 0.3) is 132 Å². The molecule has 0 amide bonds. The number of aromatic nitrogens is 4. The number of hydrogen-bond donors (Lipinski definition) is 0. The van der Waals surface area contributed by atoms with Gasteiger partial charge in [0, 0.05) is 38.2 Å². The van der Waals surface area contributed by atoms with Crippen molar-refractivity contribution in [3.63, 3.8) is 0 Å². The topological polar surface area (TPSA) is 35.6 Å². The largest absolute Gasteiger partial charge is 0.309 e. The maximum absolute atomic E-state index is 5.53. The van der Waals surface area contributed by atoms with Crippen LogP contribution in [0, 0.1) is 0 Å². The monoisotopic (exact) mass is 760 g/mol. The van der Waals surface area contributed by atoms with E-state index in [0.29, 0.717) is 0 Å². The van der Waals surface area contributed by atoms with Crippen molar-refractivity contribution in [3.8, 4) is 45.0 Å². The highest BCUT2D eigenvalue weighted by Crippen LogP contribution is 2.50. The third kappa shape index (κ3) is 4.24. The van der Waals surface area contributed by atoms with E-state index < -0.39 is 0 Å². The van der Waals surface area contributed by atoms with Crippen LogP contribution in [-0.4, -0.2) is 19.1 Å². The fourth-order valence-electron chi connectivity index (χ4n) is 10.4. The van der Waals surface area contributed by atoms with Crippen LogP contribution in [0.1, 0.15) is 0 Å². The summed E-state index contributed by atoms with van der Waals surface area (Å²) in [5, 5.41) is 12.2. The molecule has 10 aromatic carbocycles. The average Bonchev–Trinajstić information content (AvgIpc) is 3.94. The molecule has 0 bridgehead atoms. The van der Waals surface area contributed by atoms with E-state index in [0.717, 1.165) is 50.2 Å². The highest BCUT2D eigenvalue weighted by atomic mass is 15.1. The molecule has 3 heterocycles. The molecule has 276 valence electrons. The molecule has 0 aliphatic heterocycles. The van der Waals surface area contributed by atoms with Gasteiger partial charge in [-0.3, -0.25) is 4.57 Å². The lowest BCUT2D eigenvalue weighted by molar-refractivity contribution is 1.08. The highest BCUT2D eigenvalue weighted by molar-refractivity contribution is 6.21. The van der Waals surface area contributed by atoms with Gasteiger partial charge < -0.3 is 4.57 Å².